The highest BCUT2D eigenvalue weighted by Crippen LogP contribution is 2.25. The molecule has 0 spiro atoms. The number of aryl methyl sites for hydroxylation is 1. The lowest BCUT2D eigenvalue weighted by atomic mass is 9.94. The van der Waals surface area contributed by atoms with Crippen molar-refractivity contribution >= 4 is 21.9 Å². The Labute approximate surface area is 147 Å². The van der Waals surface area contributed by atoms with E-state index in [1.807, 2.05) is 0 Å². The number of aliphatic carboxylic acids is 1. The van der Waals surface area contributed by atoms with E-state index in [1.165, 1.54) is 6.07 Å². The SMILES string of the molecule is Cc1cc(C(=O)N[C@H]2CCCCC[C@H]2C(=O)O)cc(S(N)(=O)=O)c1C. The van der Waals surface area contributed by atoms with Gasteiger partial charge in [-0.1, -0.05) is 19.3 Å². The summed E-state index contributed by atoms with van der Waals surface area (Å²) in [7, 11) is -3.95. The predicted octanol–water partition coefficient (Wildman–Crippen LogP) is 1.71. The van der Waals surface area contributed by atoms with Crippen molar-refractivity contribution in [3.63, 3.8) is 0 Å². The molecule has 0 bridgehead atoms. The fraction of sp³-hybridized carbons (Fsp3) is 0.529. The summed E-state index contributed by atoms with van der Waals surface area (Å²) in [6, 6.07) is 2.37. The third-order valence-corrected chi connectivity index (χ3v) is 5.88. The molecule has 0 aliphatic heterocycles. The Morgan fingerprint density at radius 2 is 1.80 bits per heavy atom. The van der Waals surface area contributed by atoms with Gasteiger partial charge >= 0.3 is 5.97 Å². The van der Waals surface area contributed by atoms with Crippen LogP contribution in [0.1, 0.15) is 53.6 Å². The van der Waals surface area contributed by atoms with Crippen LogP contribution in [0.15, 0.2) is 17.0 Å². The summed E-state index contributed by atoms with van der Waals surface area (Å²) in [5, 5.41) is 17.4. The molecule has 0 saturated heterocycles. The first-order valence-corrected chi connectivity index (χ1v) is 9.83. The van der Waals surface area contributed by atoms with Crippen LogP contribution in [0.2, 0.25) is 0 Å². The third-order valence-electron chi connectivity index (χ3n) is 4.84. The number of nitrogens with two attached hydrogens (primary N) is 1. The summed E-state index contributed by atoms with van der Waals surface area (Å²) in [5.41, 5.74) is 1.30. The van der Waals surface area contributed by atoms with Gasteiger partial charge in [0.25, 0.3) is 5.91 Å². The van der Waals surface area contributed by atoms with Crippen molar-refractivity contribution in [1.82, 2.24) is 5.32 Å². The van der Waals surface area contributed by atoms with Crippen molar-refractivity contribution in [2.24, 2.45) is 11.1 Å². The smallest absolute Gasteiger partial charge is 0.308 e. The van der Waals surface area contributed by atoms with Crippen LogP contribution in [0.3, 0.4) is 0 Å². The van der Waals surface area contributed by atoms with Crippen molar-refractivity contribution < 1.29 is 23.1 Å². The molecule has 0 heterocycles. The first kappa shape index (κ1) is 19.4. The van der Waals surface area contributed by atoms with Crippen LogP contribution >= 0.6 is 0 Å². The number of carbonyl (C=O) groups is 2. The molecular formula is C17H24N2O5S. The van der Waals surface area contributed by atoms with Gasteiger partial charge in [-0.15, -0.1) is 0 Å². The number of carboxylic acid groups (broad SMARTS) is 1. The molecule has 0 radical (unpaired) electrons. The maximum atomic E-state index is 12.6. The van der Waals surface area contributed by atoms with Crippen LogP contribution in [0, 0.1) is 19.8 Å². The molecule has 1 aliphatic carbocycles. The number of hydrogen-bond acceptors (Lipinski definition) is 4. The normalized spacial score (nSPS) is 21.4. The maximum absolute atomic E-state index is 12.6. The molecule has 7 nitrogen and oxygen atoms in total. The molecule has 8 heteroatoms. The van der Waals surface area contributed by atoms with Gasteiger partial charge in [-0.2, -0.15) is 0 Å². The van der Waals surface area contributed by atoms with E-state index in [2.05, 4.69) is 5.32 Å². The zero-order chi connectivity index (χ0) is 18.8. The molecule has 1 amide bonds. The second kappa shape index (κ2) is 7.53. The van der Waals surface area contributed by atoms with Gasteiger partial charge < -0.3 is 10.4 Å². The molecule has 1 aromatic rings. The average molecular weight is 368 g/mol. The topological polar surface area (TPSA) is 127 Å². The van der Waals surface area contributed by atoms with E-state index in [1.54, 1.807) is 19.9 Å². The Balaban J connectivity index is 2.31. The van der Waals surface area contributed by atoms with Gasteiger partial charge in [0.2, 0.25) is 10.0 Å². The largest absolute Gasteiger partial charge is 0.481 e. The Bertz CT molecular complexity index is 788. The van der Waals surface area contributed by atoms with Gasteiger partial charge in [0, 0.05) is 11.6 Å². The Hall–Kier alpha value is -1.93. The Morgan fingerprint density at radius 1 is 1.16 bits per heavy atom. The molecule has 1 aliphatic rings. The second-order valence-corrected chi connectivity index (χ2v) is 8.15. The van der Waals surface area contributed by atoms with Crippen molar-refractivity contribution in [2.75, 3.05) is 0 Å². The van der Waals surface area contributed by atoms with Crippen LogP contribution in [-0.4, -0.2) is 31.4 Å². The molecule has 2 atom stereocenters. The Morgan fingerprint density at radius 3 is 2.40 bits per heavy atom. The first-order valence-electron chi connectivity index (χ1n) is 8.29. The van der Waals surface area contributed by atoms with Crippen LogP contribution in [0.5, 0.6) is 0 Å². The quantitative estimate of drug-likeness (QED) is 0.697. The molecule has 4 N–H and O–H groups in total. The van der Waals surface area contributed by atoms with E-state index in [0.29, 0.717) is 24.0 Å². The van der Waals surface area contributed by atoms with Gasteiger partial charge in [0.15, 0.2) is 0 Å². The van der Waals surface area contributed by atoms with Crippen molar-refractivity contribution in [1.29, 1.82) is 0 Å². The highest BCUT2D eigenvalue weighted by atomic mass is 32.2. The van der Waals surface area contributed by atoms with E-state index < -0.39 is 33.9 Å². The second-order valence-electron chi connectivity index (χ2n) is 6.62. The number of carbonyl (C=O) groups excluding carboxylic acids is 1. The summed E-state index contributed by atoms with van der Waals surface area (Å²) >= 11 is 0. The molecular weight excluding hydrogens is 344 g/mol. The fourth-order valence-corrected chi connectivity index (χ4v) is 4.16. The summed E-state index contributed by atoms with van der Waals surface area (Å²) in [4.78, 5) is 24.0. The van der Waals surface area contributed by atoms with Crippen LogP contribution < -0.4 is 10.5 Å². The number of amides is 1. The zero-order valence-corrected chi connectivity index (χ0v) is 15.2. The lowest BCUT2D eigenvalue weighted by Gasteiger charge is -2.23. The van der Waals surface area contributed by atoms with Gasteiger partial charge in [0.05, 0.1) is 10.8 Å². The third kappa shape index (κ3) is 4.58. The number of primary sulfonamides is 1. The van der Waals surface area contributed by atoms with Crippen molar-refractivity contribution in [3.8, 4) is 0 Å². The molecule has 0 unspecified atom stereocenters. The fourth-order valence-electron chi connectivity index (χ4n) is 3.28. The minimum Gasteiger partial charge on any atom is -0.481 e. The predicted molar refractivity (Wildman–Crippen MR) is 92.8 cm³/mol. The van der Waals surface area contributed by atoms with Gasteiger partial charge in [-0.25, -0.2) is 13.6 Å². The number of benzene rings is 1. The minimum absolute atomic E-state index is 0.0895. The molecule has 25 heavy (non-hydrogen) atoms. The number of hydrogen-bond donors (Lipinski definition) is 3. The molecule has 1 aromatic carbocycles. The van der Waals surface area contributed by atoms with E-state index >= 15 is 0 Å². The van der Waals surface area contributed by atoms with Crippen molar-refractivity contribution in [2.45, 2.75) is 56.9 Å². The van der Waals surface area contributed by atoms with Crippen LogP contribution in [-0.2, 0) is 14.8 Å². The Kier molecular flexibility index (Phi) is 5.84. The zero-order valence-electron chi connectivity index (χ0n) is 14.4. The van der Waals surface area contributed by atoms with Gasteiger partial charge in [-0.05, 0) is 49.9 Å². The molecule has 1 saturated carbocycles. The highest BCUT2D eigenvalue weighted by molar-refractivity contribution is 7.89. The minimum atomic E-state index is -3.95. The van der Waals surface area contributed by atoms with Gasteiger partial charge in [-0.3, -0.25) is 9.59 Å². The lowest BCUT2D eigenvalue weighted by Crippen LogP contribution is -2.42. The molecule has 138 valence electrons. The summed E-state index contributed by atoms with van der Waals surface area (Å²) in [5.74, 6) is -2.03. The molecule has 1 fully saturated rings. The standard InChI is InChI=1S/C17H24N2O5S/c1-10-8-12(9-15(11(10)2)25(18,23)24)16(20)19-14-7-5-3-4-6-13(14)17(21)22/h8-9,13-14H,3-7H2,1-2H3,(H,19,20)(H,21,22)(H2,18,23,24)/t13-,14+/m1/s1. The monoisotopic (exact) mass is 368 g/mol. The van der Waals surface area contributed by atoms with E-state index in [9.17, 15) is 23.1 Å². The van der Waals surface area contributed by atoms with Gasteiger partial charge in [0.1, 0.15) is 0 Å². The lowest BCUT2D eigenvalue weighted by molar-refractivity contribution is -0.142. The number of sulfonamides is 1. The van der Waals surface area contributed by atoms with Crippen molar-refractivity contribution in [3.05, 3.63) is 28.8 Å². The summed E-state index contributed by atoms with van der Waals surface area (Å²) in [6.07, 6.45) is 3.73. The highest BCUT2D eigenvalue weighted by Gasteiger charge is 2.31. The first-order chi connectivity index (χ1) is 11.6. The molecule has 0 aromatic heterocycles. The number of nitrogens with one attached hydrogen (secondary N) is 1. The van der Waals surface area contributed by atoms with E-state index in [4.69, 9.17) is 5.14 Å². The van der Waals surface area contributed by atoms with E-state index in [-0.39, 0.29) is 10.5 Å². The number of carboxylic acids is 1. The number of rotatable bonds is 4. The average Bonchev–Trinajstić information content (AvgIpc) is 2.74. The summed E-state index contributed by atoms with van der Waals surface area (Å²) in [6.45, 7) is 3.33. The molecule has 2 rings (SSSR count). The van der Waals surface area contributed by atoms with E-state index in [0.717, 1.165) is 19.3 Å². The van der Waals surface area contributed by atoms with Crippen LogP contribution in [0.4, 0.5) is 0 Å². The summed E-state index contributed by atoms with van der Waals surface area (Å²) < 4.78 is 23.5. The van der Waals surface area contributed by atoms with Crippen LogP contribution in [0.25, 0.3) is 0 Å². The maximum Gasteiger partial charge on any atom is 0.308 e.